The molecule has 3 rings (SSSR count). The third-order valence-electron chi connectivity index (χ3n) is 3.55. The van der Waals surface area contributed by atoms with E-state index in [4.69, 9.17) is 4.74 Å². The Morgan fingerprint density at radius 2 is 2.08 bits per heavy atom. The first-order valence-electron chi connectivity index (χ1n) is 8.20. The second-order valence-electron chi connectivity index (χ2n) is 5.66. The summed E-state index contributed by atoms with van der Waals surface area (Å²) in [6, 6.07) is 11.4. The summed E-state index contributed by atoms with van der Waals surface area (Å²) in [5, 5.41) is 20.6. The Labute approximate surface area is 145 Å². The van der Waals surface area contributed by atoms with Crippen molar-refractivity contribution in [1.82, 2.24) is 24.9 Å². The van der Waals surface area contributed by atoms with Gasteiger partial charge in [0.05, 0.1) is 0 Å². The molecule has 0 saturated heterocycles. The van der Waals surface area contributed by atoms with Crippen molar-refractivity contribution in [2.24, 2.45) is 0 Å². The molecule has 0 aliphatic carbocycles. The molecule has 8 heteroatoms. The summed E-state index contributed by atoms with van der Waals surface area (Å²) < 4.78 is 7.18. The van der Waals surface area contributed by atoms with E-state index in [1.54, 1.807) is 4.52 Å². The van der Waals surface area contributed by atoms with Crippen molar-refractivity contribution in [2.75, 3.05) is 31.6 Å². The van der Waals surface area contributed by atoms with Crippen molar-refractivity contribution in [3.8, 4) is 5.75 Å². The molecule has 132 valence electrons. The first kappa shape index (κ1) is 17.1. The molecule has 0 aliphatic heterocycles. The number of fused-ring (bicyclic) bond motifs is 1. The number of hydrogen-bond donors (Lipinski definition) is 3. The van der Waals surface area contributed by atoms with Crippen molar-refractivity contribution < 1.29 is 9.84 Å². The Balaban J connectivity index is 1.36. The maximum atomic E-state index is 9.94. The Morgan fingerprint density at radius 1 is 1.24 bits per heavy atom. The van der Waals surface area contributed by atoms with Crippen molar-refractivity contribution in [3.05, 3.63) is 48.4 Å². The highest BCUT2D eigenvalue weighted by Gasteiger charge is 2.06. The third kappa shape index (κ3) is 4.88. The van der Waals surface area contributed by atoms with Gasteiger partial charge in [0, 0.05) is 31.4 Å². The van der Waals surface area contributed by atoms with Crippen LogP contribution in [0.25, 0.3) is 5.78 Å². The largest absolute Gasteiger partial charge is 0.491 e. The highest BCUT2D eigenvalue weighted by atomic mass is 16.5. The number of aliphatic hydroxyl groups excluding tert-OH is 1. The lowest BCUT2D eigenvalue weighted by Gasteiger charge is -2.14. The van der Waals surface area contributed by atoms with Crippen LogP contribution in [0.2, 0.25) is 0 Å². The number of hydrogen-bond acceptors (Lipinski definition) is 7. The van der Waals surface area contributed by atoms with Gasteiger partial charge < -0.3 is 20.5 Å². The molecule has 1 unspecified atom stereocenters. The first-order valence-corrected chi connectivity index (χ1v) is 8.20. The molecule has 0 aliphatic rings. The van der Waals surface area contributed by atoms with Crippen LogP contribution in [0, 0.1) is 6.92 Å². The van der Waals surface area contributed by atoms with E-state index in [2.05, 4.69) is 25.7 Å². The zero-order chi connectivity index (χ0) is 17.5. The predicted molar refractivity (Wildman–Crippen MR) is 94.8 cm³/mol. The summed E-state index contributed by atoms with van der Waals surface area (Å²) in [6.45, 7) is 4.02. The van der Waals surface area contributed by atoms with E-state index in [1.807, 2.05) is 43.3 Å². The zero-order valence-electron chi connectivity index (χ0n) is 14.1. The van der Waals surface area contributed by atoms with Gasteiger partial charge in [-0.05, 0) is 19.1 Å². The minimum Gasteiger partial charge on any atom is -0.491 e. The molecule has 0 bridgehead atoms. The van der Waals surface area contributed by atoms with E-state index in [0.29, 0.717) is 25.4 Å². The van der Waals surface area contributed by atoms with Crippen LogP contribution in [0.15, 0.2) is 42.7 Å². The van der Waals surface area contributed by atoms with Crippen molar-refractivity contribution in [3.63, 3.8) is 0 Å². The fraction of sp³-hybridized carbons (Fsp3) is 0.353. The summed E-state index contributed by atoms with van der Waals surface area (Å²) in [5.41, 5.74) is 0.879. The van der Waals surface area contributed by atoms with Crippen LogP contribution in [0.3, 0.4) is 0 Å². The number of benzene rings is 1. The fourth-order valence-electron chi connectivity index (χ4n) is 2.37. The predicted octanol–water partition coefficient (Wildman–Crippen LogP) is 0.874. The van der Waals surface area contributed by atoms with E-state index in [1.165, 1.54) is 6.33 Å². The van der Waals surface area contributed by atoms with E-state index < -0.39 is 6.10 Å². The number of aliphatic hydroxyl groups is 1. The second kappa shape index (κ2) is 8.41. The molecule has 8 nitrogen and oxygen atoms in total. The van der Waals surface area contributed by atoms with Crippen molar-refractivity contribution in [2.45, 2.75) is 13.0 Å². The van der Waals surface area contributed by atoms with Gasteiger partial charge in [0.25, 0.3) is 5.78 Å². The maximum Gasteiger partial charge on any atom is 0.254 e. The monoisotopic (exact) mass is 342 g/mol. The molecular weight excluding hydrogens is 320 g/mol. The standard InChI is InChI=1S/C17H22N6O2/c1-13-9-16(23-17(22-13)20-12-21-23)19-8-7-18-10-14(24)11-25-15-5-3-2-4-6-15/h2-6,9,12,14,18-19,24H,7-8,10-11H2,1H3. The third-order valence-corrected chi connectivity index (χ3v) is 3.55. The van der Waals surface area contributed by atoms with Crippen LogP contribution in [0.5, 0.6) is 5.75 Å². The molecule has 1 aromatic carbocycles. The second-order valence-corrected chi connectivity index (χ2v) is 5.66. The number of rotatable bonds is 9. The van der Waals surface area contributed by atoms with Crippen molar-refractivity contribution >= 4 is 11.6 Å². The van der Waals surface area contributed by atoms with Crippen LogP contribution in [0.1, 0.15) is 5.69 Å². The summed E-state index contributed by atoms with van der Waals surface area (Å²) in [7, 11) is 0. The number of anilines is 1. The molecule has 0 fully saturated rings. The summed E-state index contributed by atoms with van der Waals surface area (Å²) in [6.07, 6.45) is 0.916. The molecule has 1 atom stereocenters. The van der Waals surface area contributed by atoms with Crippen LogP contribution in [-0.2, 0) is 0 Å². The van der Waals surface area contributed by atoms with Gasteiger partial charge in [-0.25, -0.2) is 4.98 Å². The van der Waals surface area contributed by atoms with Gasteiger partial charge in [0.1, 0.15) is 30.6 Å². The molecule has 0 radical (unpaired) electrons. The zero-order valence-corrected chi connectivity index (χ0v) is 14.1. The molecule has 0 saturated carbocycles. The molecular formula is C17H22N6O2. The molecule has 2 heterocycles. The highest BCUT2D eigenvalue weighted by Crippen LogP contribution is 2.09. The topological polar surface area (TPSA) is 96.6 Å². The van der Waals surface area contributed by atoms with Gasteiger partial charge in [0.15, 0.2) is 0 Å². The van der Waals surface area contributed by atoms with Crippen LogP contribution < -0.4 is 15.4 Å². The Morgan fingerprint density at radius 3 is 2.92 bits per heavy atom. The van der Waals surface area contributed by atoms with Gasteiger partial charge >= 0.3 is 0 Å². The minimum absolute atomic E-state index is 0.258. The first-order chi connectivity index (χ1) is 12.2. The van der Waals surface area contributed by atoms with Gasteiger partial charge in [-0.15, -0.1) is 0 Å². The highest BCUT2D eigenvalue weighted by molar-refractivity contribution is 5.44. The normalized spacial score (nSPS) is 12.2. The van der Waals surface area contributed by atoms with Crippen LogP contribution >= 0.6 is 0 Å². The molecule has 3 aromatic rings. The lowest BCUT2D eigenvalue weighted by molar-refractivity contribution is 0.107. The fourth-order valence-corrected chi connectivity index (χ4v) is 2.37. The van der Waals surface area contributed by atoms with E-state index in [-0.39, 0.29) is 6.61 Å². The maximum absolute atomic E-state index is 9.94. The van der Waals surface area contributed by atoms with E-state index in [0.717, 1.165) is 17.3 Å². The van der Waals surface area contributed by atoms with Gasteiger partial charge in [-0.1, -0.05) is 18.2 Å². The average Bonchev–Trinajstić information content (AvgIpc) is 3.09. The van der Waals surface area contributed by atoms with E-state index >= 15 is 0 Å². The number of aromatic nitrogens is 4. The number of aryl methyl sites for hydroxylation is 1. The number of nitrogens with zero attached hydrogens (tertiary/aromatic N) is 4. The molecule has 0 spiro atoms. The number of para-hydroxylation sites is 1. The Kier molecular flexibility index (Phi) is 5.76. The van der Waals surface area contributed by atoms with Crippen molar-refractivity contribution in [1.29, 1.82) is 0 Å². The number of nitrogens with one attached hydrogen (secondary N) is 2. The minimum atomic E-state index is -0.564. The van der Waals surface area contributed by atoms with Crippen LogP contribution in [-0.4, -0.2) is 57.0 Å². The Hall–Kier alpha value is -2.71. The smallest absolute Gasteiger partial charge is 0.254 e. The number of ether oxygens (including phenoxy) is 1. The summed E-state index contributed by atoms with van der Waals surface area (Å²) >= 11 is 0. The van der Waals surface area contributed by atoms with Crippen LogP contribution in [0.4, 0.5) is 5.82 Å². The Bertz CT molecular complexity index is 792. The lowest BCUT2D eigenvalue weighted by atomic mass is 10.3. The van der Waals surface area contributed by atoms with Gasteiger partial charge in [-0.3, -0.25) is 0 Å². The quantitative estimate of drug-likeness (QED) is 0.497. The van der Waals surface area contributed by atoms with Gasteiger partial charge in [0.2, 0.25) is 0 Å². The SMILES string of the molecule is Cc1cc(NCCNCC(O)COc2ccccc2)n2ncnc2n1. The lowest BCUT2D eigenvalue weighted by Crippen LogP contribution is -2.34. The summed E-state index contributed by atoms with van der Waals surface area (Å²) in [4.78, 5) is 8.39. The molecule has 0 amide bonds. The summed E-state index contributed by atoms with van der Waals surface area (Å²) in [5.74, 6) is 2.17. The molecule has 25 heavy (non-hydrogen) atoms. The molecule has 2 aromatic heterocycles. The van der Waals surface area contributed by atoms with E-state index in [9.17, 15) is 5.11 Å². The van der Waals surface area contributed by atoms with Gasteiger partial charge in [-0.2, -0.15) is 14.6 Å². The molecule has 3 N–H and O–H groups in total. The average molecular weight is 342 g/mol.